The minimum Gasteiger partial charge on any atom is -0.507 e. The lowest BCUT2D eigenvalue weighted by atomic mass is 9.87. The van der Waals surface area contributed by atoms with Crippen LogP contribution in [0.5, 0.6) is 5.75 Å². The van der Waals surface area contributed by atoms with Crippen molar-refractivity contribution in [1.82, 2.24) is 0 Å². The molecule has 1 N–H and O–H groups in total. The monoisotopic (exact) mass is 436 g/mol. The van der Waals surface area contributed by atoms with Crippen molar-refractivity contribution >= 4 is 18.0 Å². The molecule has 0 radical (unpaired) electrons. The zero-order valence-electron chi connectivity index (χ0n) is 18.9. The molecule has 0 saturated heterocycles. The van der Waals surface area contributed by atoms with E-state index in [0.717, 1.165) is 43.2 Å². The SMILES string of the molecule is CCOC(=O)CC1(CCC(/C=C/c2ccccc2O)Cc2ccc(C(=O)OC)cc2)CC1. The summed E-state index contributed by atoms with van der Waals surface area (Å²) >= 11 is 0. The highest BCUT2D eigenvalue weighted by Gasteiger charge is 2.44. The molecule has 0 amide bonds. The molecule has 5 heteroatoms. The van der Waals surface area contributed by atoms with Crippen molar-refractivity contribution in [2.75, 3.05) is 13.7 Å². The number of methoxy groups -OCH3 is 1. The van der Waals surface area contributed by atoms with Crippen molar-refractivity contribution in [2.45, 2.75) is 45.4 Å². The average molecular weight is 437 g/mol. The summed E-state index contributed by atoms with van der Waals surface area (Å²) in [4.78, 5) is 23.7. The van der Waals surface area contributed by atoms with E-state index in [1.165, 1.54) is 7.11 Å². The summed E-state index contributed by atoms with van der Waals surface area (Å²) in [7, 11) is 1.38. The molecule has 170 valence electrons. The Kier molecular flexibility index (Phi) is 8.09. The standard InChI is InChI=1S/C27H32O5/c1-3-32-25(29)19-27(16-17-27)15-14-21(8-11-22-6-4-5-7-24(22)28)18-20-9-12-23(13-10-20)26(30)31-2/h4-13,21,28H,3,14-19H2,1-2H3/b11-8+. The van der Waals surface area contributed by atoms with Crippen molar-refractivity contribution in [1.29, 1.82) is 0 Å². The fourth-order valence-corrected chi connectivity index (χ4v) is 4.03. The van der Waals surface area contributed by atoms with Gasteiger partial charge in [0.25, 0.3) is 0 Å². The van der Waals surface area contributed by atoms with E-state index in [9.17, 15) is 14.7 Å². The largest absolute Gasteiger partial charge is 0.507 e. The van der Waals surface area contributed by atoms with Crippen molar-refractivity contribution in [3.05, 3.63) is 71.3 Å². The van der Waals surface area contributed by atoms with E-state index in [-0.39, 0.29) is 29.0 Å². The molecule has 0 bridgehead atoms. The number of aromatic hydroxyl groups is 1. The maximum atomic E-state index is 12.0. The number of phenolic OH excluding ortho intramolecular Hbond substituents is 1. The molecule has 0 heterocycles. The number of carbonyl (C=O) groups excluding carboxylic acids is 2. The Morgan fingerprint density at radius 2 is 1.84 bits per heavy atom. The zero-order valence-corrected chi connectivity index (χ0v) is 18.9. The summed E-state index contributed by atoms with van der Waals surface area (Å²) in [6.07, 6.45) is 9.43. The molecule has 5 nitrogen and oxygen atoms in total. The van der Waals surface area contributed by atoms with Crippen LogP contribution in [0.3, 0.4) is 0 Å². The molecule has 32 heavy (non-hydrogen) atoms. The predicted octanol–water partition coefficient (Wildman–Crippen LogP) is 5.56. The third-order valence-electron chi connectivity index (χ3n) is 6.18. The molecule has 1 fully saturated rings. The number of ether oxygens (including phenoxy) is 2. The lowest BCUT2D eigenvalue weighted by Crippen LogP contribution is -2.14. The van der Waals surface area contributed by atoms with Crippen LogP contribution >= 0.6 is 0 Å². The van der Waals surface area contributed by atoms with Gasteiger partial charge in [0.15, 0.2) is 0 Å². The predicted molar refractivity (Wildman–Crippen MR) is 124 cm³/mol. The second-order valence-electron chi connectivity index (χ2n) is 8.59. The molecule has 3 rings (SSSR count). The number of hydrogen-bond donors (Lipinski definition) is 1. The first-order valence-corrected chi connectivity index (χ1v) is 11.2. The first-order valence-electron chi connectivity index (χ1n) is 11.2. The van der Waals surface area contributed by atoms with Gasteiger partial charge in [-0.2, -0.15) is 0 Å². The highest BCUT2D eigenvalue weighted by atomic mass is 16.5. The Hall–Kier alpha value is -3.08. The average Bonchev–Trinajstić information content (AvgIpc) is 3.56. The molecule has 0 spiro atoms. The summed E-state index contributed by atoms with van der Waals surface area (Å²) in [5.74, 6) is 0.0380. The van der Waals surface area contributed by atoms with E-state index in [2.05, 4.69) is 6.08 Å². The van der Waals surface area contributed by atoms with Crippen molar-refractivity contribution in [3.63, 3.8) is 0 Å². The van der Waals surface area contributed by atoms with Crippen LogP contribution in [-0.4, -0.2) is 30.8 Å². The fraction of sp³-hybridized carbons (Fsp3) is 0.407. The Labute approximate surface area is 190 Å². The summed E-state index contributed by atoms with van der Waals surface area (Å²) in [5.41, 5.74) is 2.51. The van der Waals surface area contributed by atoms with Gasteiger partial charge >= 0.3 is 11.9 Å². The van der Waals surface area contributed by atoms with Gasteiger partial charge in [-0.25, -0.2) is 4.79 Å². The molecule has 1 aliphatic rings. The van der Waals surface area contributed by atoms with Crippen LogP contribution < -0.4 is 0 Å². The van der Waals surface area contributed by atoms with Gasteiger partial charge in [0.1, 0.15) is 5.75 Å². The number of carbonyl (C=O) groups is 2. The molecule has 1 saturated carbocycles. The Morgan fingerprint density at radius 3 is 2.47 bits per heavy atom. The van der Waals surface area contributed by atoms with Crippen LogP contribution in [0.15, 0.2) is 54.6 Å². The summed E-state index contributed by atoms with van der Waals surface area (Å²) < 4.78 is 9.94. The number of hydrogen-bond acceptors (Lipinski definition) is 5. The van der Waals surface area contributed by atoms with Crippen molar-refractivity contribution < 1.29 is 24.2 Å². The number of allylic oxidation sites excluding steroid dienone is 1. The number of benzene rings is 2. The number of phenols is 1. The maximum absolute atomic E-state index is 12.0. The van der Waals surface area contributed by atoms with E-state index >= 15 is 0 Å². The Balaban J connectivity index is 1.70. The Bertz CT molecular complexity index is 941. The first kappa shape index (κ1) is 23.6. The van der Waals surface area contributed by atoms with Crippen LogP contribution in [0.2, 0.25) is 0 Å². The molecule has 1 unspecified atom stereocenters. The van der Waals surface area contributed by atoms with Crippen LogP contribution in [0.25, 0.3) is 6.08 Å². The number of rotatable bonds is 11. The summed E-state index contributed by atoms with van der Waals surface area (Å²) in [6, 6.07) is 14.8. The molecular formula is C27H32O5. The summed E-state index contributed by atoms with van der Waals surface area (Å²) in [5, 5.41) is 10.1. The first-order chi connectivity index (χ1) is 15.4. The minimum absolute atomic E-state index is 0.0714. The highest BCUT2D eigenvalue weighted by Crippen LogP contribution is 2.53. The van der Waals surface area contributed by atoms with Gasteiger partial charge in [0, 0.05) is 5.56 Å². The van der Waals surface area contributed by atoms with Gasteiger partial charge in [-0.05, 0) is 74.1 Å². The molecular weight excluding hydrogens is 404 g/mol. The van der Waals surface area contributed by atoms with Gasteiger partial charge in [0.2, 0.25) is 0 Å². The summed E-state index contributed by atoms with van der Waals surface area (Å²) in [6.45, 7) is 2.26. The molecule has 1 atom stereocenters. The van der Waals surface area contributed by atoms with E-state index in [0.29, 0.717) is 18.6 Å². The van der Waals surface area contributed by atoms with E-state index in [1.54, 1.807) is 24.3 Å². The smallest absolute Gasteiger partial charge is 0.337 e. The second-order valence-corrected chi connectivity index (χ2v) is 8.59. The number of esters is 2. The molecule has 2 aromatic carbocycles. The van der Waals surface area contributed by atoms with Crippen LogP contribution in [0.1, 0.15) is 60.5 Å². The van der Waals surface area contributed by atoms with E-state index in [1.807, 2.05) is 37.3 Å². The van der Waals surface area contributed by atoms with Crippen LogP contribution in [0.4, 0.5) is 0 Å². The van der Waals surface area contributed by atoms with Crippen molar-refractivity contribution in [2.24, 2.45) is 11.3 Å². The van der Waals surface area contributed by atoms with Gasteiger partial charge < -0.3 is 14.6 Å². The quantitative estimate of drug-likeness (QED) is 0.467. The third-order valence-corrected chi connectivity index (χ3v) is 6.18. The van der Waals surface area contributed by atoms with Crippen LogP contribution in [-0.2, 0) is 20.7 Å². The molecule has 0 aliphatic heterocycles. The Morgan fingerprint density at radius 1 is 1.12 bits per heavy atom. The minimum atomic E-state index is -0.345. The molecule has 2 aromatic rings. The van der Waals surface area contributed by atoms with E-state index < -0.39 is 0 Å². The zero-order chi connectivity index (χ0) is 23.0. The number of para-hydroxylation sites is 1. The molecule has 1 aliphatic carbocycles. The van der Waals surface area contributed by atoms with Gasteiger partial charge in [-0.15, -0.1) is 0 Å². The highest BCUT2D eigenvalue weighted by molar-refractivity contribution is 5.89. The normalized spacial score (nSPS) is 15.3. The lowest BCUT2D eigenvalue weighted by molar-refractivity contribution is -0.144. The van der Waals surface area contributed by atoms with Crippen molar-refractivity contribution in [3.8, 4) is 5.75 Å². The molecule has 0 aromatic heterocycles. The third kappa shape index (κ3) is 6.71. The lowest BCUT2D eigenvalue weighted by Gasteiger charge is -2.19. The topological polar surface area (TPSA) is 72.8 Å². The van der Waals surface area contributed by atoms with Gasteiger partial charge in [-0.1, -0.05) is 42.5 Å². The fourth-order valence-electron chi connectivity index (χ4n) is 4.03. The second kappa shape index (κ2) is 11.0. The van der Waals surface area contributed by atoms with Crippen LogP contribution in [0, 0.1) is 11.3 Å². The maximum Gasteiger partial charge on any atom is 0.337 e. The van der Waals surface area contributed by atoms with Gasteiger partial charge in [0.05, 0.1) is 25.7 Å². The van der Waals surface area contributed by atoms with E-state index in [4.69, 9.17) is 9.47 Å². The van der Waals surface area contributed by atoms with Gasteiger partial charge in [-0.3, -0.25) is 4.79 Å².